The van der Waals surface area contributed by atoms with E-state index in [4.69, 9.17) is 5.21 Å². The summed E-state index contributed by atoms with van der Waals surface area (Å²) in [5, 5.41) is 11.3. The summed E-state index contributed by atoms with van der Waals surface area (Å²) in [6.45, 7) is 1.93. The van der Waals surface area contributed by atoms with Crippen LogP contribution in [0.25, 0.3) is 0 Å². The van der Waals surface area contributed by atoms with Gasteiger partial charge in [-0.15, -0.1) is 0 Å². The molecule has 2 aromatic carbocycles. The van der Waals surface area contributed by atoms with Gasteiger partial charge in [0.15, 0.2) is 0 Å². The third-order valence-electron chi connectivity index (χ3n) is 2.65. The lowest BCUT2D eigenvalue weighted by Gasteiger charge is -2.08. The Balaban J connectivity index is 2.22. The summed E-state index contributed by atoms with van der Waals surface area (Å²) >= 11 is 0. The number of hydrogen-bond donors (Lipinski definition) is 3. The molecule has 19 heavy (non-hydrogen) atoms. The normalized spacial score (nSPS) is 10.1. The number of nitrogens with one attached hydrogen (secondary N) is 2. The summed E-state index contributed by atoms with van der Waals surface area (Å²) < 4.78 is 13.6. The quantitative estimate of drug-likeness (QED) is 0.743. The zero-order chi connectivity index (χ0) is 13.8. The van der Waals surface area contributed by atoms with E-state index in [0.29, 0.717) is 5.69 Å². The van der Waals surface area contributed by atoms with Gasteiger partial charge in [-0.3, -0.25) is 15.5 Å². The predicted molar refractivity (Wildman–Crippen MR) is 70.9 cm³/mol. The van der Waals surface area contributed by atoms with E-state index in [0.717, 1.165) is 11.6 Å². The van der Waals surface area contributed by atoms with Crippen molar-refractivity contribution in [2.24, 2.45) is 0 Å². The first kappa shape index (κ1) is 13.0. The molecule has 0 aromatic heterocycles. The van der Waals surface area contributed by atoms with Gasteiger partial charge in [0.1, 0.15) is 5.82 Å². The highest BCUT2D eigenvalue weighted by Gasteiger charge is 2.12. The fourth-order valence-corrected chi connectivity index (χ4v) is 1.60. The number of aryl methyl sites for hydroxylation is 1. The number of hydrogen-bond acceptors (Lipinski definition) is 3. The van der Waals surface area contributed by atoms with E-state index in [1.54, 1.807) is 12.1 Å². The van der Waals surface area contributed by atoms with Crippen molar-refractivity contribution in [1.29, 1.82) is 0 Å². The van der Waals surface area contributed by atoms with Crippen molar-refractivity contribution in [3.05, 3.63) is 59.4 Å². The van der Waals surface area contributed by atoms with Crippen LogP contribution in [0.1, 0.15) is 15.9 Å². The molecule has 0 saturated carbocycles. The Morgan fingerprint density at radius 2 is 1.74 bits per heavy atom. The summed E-state index contributed by atoms with van der Waals surface area (Å²) in [4.78, 5) is 11.9. The van der Waals surface area contributed by atoms with Crippen molar-refractivity contribution >= 4 is 17.3 Å². The minimum atomic E-state index is -0.649. The molecule has 0 spiro atoms. The first-order chi connectivity index (χ1) is 9.10. The molecule has 98 valence electrons. The Bertz CT molecular complexity index is 597. The molecule has 0 unspecified atom stereocenters. The smallest absolute Gasteiger partial charge is 0.258 e. The summed E-state index contributed by atoms with van der Waals surface area (Å²) in [5.41, 5.74) is 3.63. The minimum absolute atomic E-state index is 0.139. The van der Waals surface area contributed by atoms with Crippen LogP contribution in [0.15, 0.2) is 42.5 Å². The number of halogens is 1. The molecule has 0 aliphatic heterocycles. The van der Waals surface area contributed by atoms with Crippen molar-refractivity contribution < 1.29 is 14.4 Å². The molecule has 0 bridgehead atoms. The summed E-state index contributed by atoms with van der Waals surface area (Å²) in [5.74, 6) is -1.22. The largest absolute Gasteiger partial charge is 0.322 e. The van der Waals surface area contributed by atoms with Crippen molar-refractivity contribution in [1.82, 2.24) is 0 Å². The second-order valence-electron chi connectivity index (χ2n) is 4.13. The van der Waals surface area contributed by atoms with Gasteiger partial charge in [-0.1, -0.05) is 17.7 Å². The number of carbonyl (C=O) groups excluding carboxylic acids is 1. The maximum Gasteiger partial charge on any atom is 0.258 e. The van der Waals surface area contributed by atoms with E-state index < -0.39 is 11.7 Å². The number of amides is 1. The maximum atomic E-state index is 13.6. The molecule has 0 heterocycles. The molecule has 2 aromatic rings. The Morgan fingerprint density at radius 1 is 1.11 bits per heavy atom. The van der Waals surface area contributed by atoms with Crippen LogP contribution in [0, 0.1) is 12.7 Å². The minimum Gasteiger partial charge on any atom is -0.322 e. The Labute approximate surface area is 109 Å². The first-order valence-corrected chi connectivity index (χ1v) is 5.68. The van der Waals surface area contributed by atoms with Crippen molar-refractivity contribution in [2.75, 3.05) is 10.8 Å². The highest BCUT2D eigenvalue weighted by atomic mass is 19.1. The predicted octanol–water partition coefficient (Wildman–Crippen LogP) is 3.19. The third-order valence-corrected chi connectivity index (χ3v) is 2.65. The van der Waals surface area contributed by atoms with Crippen LogP contribution in [0.4, 0.5) is 15.8 Å². The molecule has 4 nitrogen and oxygen atoms in total. The molecule has 1 amide bonds. The van der Waals surface area contributed by atoms with Gasteiger partial charge in [-0.2, -0.15) is 0 Å². The average molecular weight is 260 g/mol. The molecule has 0 fully saturated rings. The van der Waals surface area contributed by atoms with Crippen LogP contribution < -0.4 is 10.8 Å². The number of anilines is 2. The van der Waals surface area contributed by atoms with Crippen molar-refractivity contribution in [3.63, 3.8) is 0 Å². The number of rotatable bonds is 3. The fraction of sp³-hybridized carbons (Fsp3) is 0.0714. The molecule has 3 N–H and O–H groups in total. The summed E-state index contributed by atoms with van der Waals surface area (Å²) in [6, 6.07) is 10.8. The van der Waals surface area contributed by atoms with Crippen LogP contribution in [0.3, 0.4) is 0 Å². The number of benzene rings is 2. The lowest BCUT2D eigenvalue weighted by molar-refractivity contribution is 0.102. The van der Waals surface area contributed by atoms with Gasteiger partial charge in [0.2, 0.25) is 0 Å². The lowest BCUT2D eigenvalue weighted by Crippen LogP contribution is -2.14. The molecule has 0 aliphatic rings. The van der Waals surface area contributed by atoms with E-state index in [1.165, 1.54) is 12.1 Å². The highest BCUT2D eigenvalue weighted by Crippen LogP contribution is 2.16. The zero-order valence-corrected chi connectivity index (χ0v) is 10.3. The number of carbonyl (C=O) groups is 1. The molecule has 0 atom stereocenters. The Hall–Kier alpha value is -2.40. The van der Waals surface area contributed by atoms with Crippen LogP contribution in [0.5, 0.6) is 0 Å². The van der Waals surface area contributed by atoms with E-state index in [1.807, 2.05) is 24.5 Å². The lowest BCUT2D eigenvalue weighted by atomic mass is 10.1. The van der Waals surface area contributed by atoms with E-state index in [9.17, 15) is 9.18 Å². The Kier molecular flexibility index (Phi) is 3.77. The summed E-state index contributed by atoms with van der Waals surface area (Å²) in [6.07, 6.45) is 0. The van der Waals surface area contributed by atoms with E-state index >= 15 is 0 Å². The van der Waals surface area contributed by atoms with Crippen LogP contribution in [-0.2, 0) is 0 Å². The van der Waals surface area contributed by atoms with Gasteiger partial charge in [-0.05, 0) is 37.3 Å². The molecular weight excluding hydrogens is 247 g/mol. The second kappa shape index (κ2) is 5.49. The zero-order valence-electron chi connectivity index (χ0n) is 10.3. The van der Waals surface area contributed by atoms with E-state index in [-0.39, 0.29) is 11.3 Å². The van der Waals surface area contributed by atoms with Crippen LogP contribution in [-0.4, -0.2) is 11.1 Å². The first-order valence-electron chi connectivity index (χ1n) is 5.68. The van der Waals surface area contributed by atoms with Gasteiger partial charge < -0.3 is 5.32 Å². The molecule has 0 saturated heterocycles. The van der Waals surface area contributed by atoms with Crippen LogP contribution in [0.2, 0.25) is 0 Å². The Morgan fingerprint density at radius 3 is 2.37 bits per heavy atom. The summed E-state index contributed by atoms with van der Waals surface area (Å²) in [7, 11) is 0. The van der Waals surface area contributed by atoms with Gasteiger partial charge in [0.25, 0.3) is 5.91 Å². The second-order valence-corrected chi connectivity index (χ2v) is 4.13. The third kappa shape index (κ3) is 3.08. The fourth-order valence-electron chi connectivity index (χ4n) is 1.60. The monoisotopic (exact) mass is 260 g/mol. The van der Waals surface area contributed by atoms with Crippen molar-refractivity contribution in [3.8, 4) is 0 Å². The molecule has 0 aliphatic carbocycles. The SMILES string of the molecule is Cc1ccc(NC(=O)c2cc(NO)ccc2F)cc1. The molecule has 0 radical (unpaired) electrons. The topological polar surface area (TPSA) is 61.4 Å². The van der Waals surface area contributed by atoms with E-state index in [2.05, 4.69) is 5.32 Å². The molecular formula is C14H13FN2O2. The molecule has 2 rings (SSSR count). The van der Waals surface area contributed by atoms with Gasteiger partial charge in [0, 0.05) is 5.69 Å². The van der Waals surface area contributed by atoms with Gasteiger partial charge >= 0.3 is 0 Å². The molecule has 5 heteroatoms. The standard InChI is InChI=1S/C14H13FN2O2/c1-9-2-4-10(5-3-9)16-14(18)12-8-11(17-19)6-7-13(12)15/h2-8,17,19H,1H3,(H,16,18). The van der Waals surface area contributed by atoms with Gasteiger partial charge in [-0.25, -0.2) is 4.39 Å². The van der Waals surface area contributed by atoms with Crippen molar-refractivity contribution in [2.45, 2.75) is 6.92 Å². The van der Waals surface area contributed by atoms with Gasteiger partial charge in [0.05, 0.1) is 11.3 Å². The maximum absolute atomic E-state index is 13.6. The van der Waals surface area contributed by atoms with Crippen LogP contribution >= 0.6 is 0 Å². The average Bonchev–Trinajstić information content (AvgIpc) is 2.42. The highest BCUT2D eigenvalue weighted by molar-refractivity contribution is 6.05.